The van der Waals surface area contributed by atoms with Gasteiger partial charge in [0.1, 0.15) is 0 Å². The molecule has 1 aromatic carbocycles. The van der Waals surface area contributed by atoms with Crippen LogP contribution in [0.4, 0.5) is 0 Å². The summed E-state index contributed by atoms with van der Waals surface area (Å²) in [6.07, 6.45) is 7.34. The Bertz CT molecular complexity index is 671. The van der Waals surface area contributed by atoms with Crippen molar-refractivity contribution < 1.29 is 4.79 Å². The fourth-order valence-electron chi connectivity index (χ4n) is 5.54. The molecule has 1 saturated heterocycles. The van der Waals surface area contributed by atoms with Gasteiger partial charge in [-0.05, 0) is 86.7 Å². The first kappa shape index (κ1) is 18.5. The molecule has 0 unspecified atom stereocenters. The summed E-state index contributed by atoms with van der Waals surface area (Å²) in [5.41, 5.74) is 2.25. The third kappa shape index (κ3) is 3.24. The average Bonchev–Trinajstić information content (AvgIpc) is 2.65. The molecule has 1 N–H and O–H groups in total. The lowest BCUT2D eigenvalue weighted by atomic mass is 9.68. The Morgan fingerprint density at radius 1 is 1.15 bits per heavy atom. The number of halogens is 1. The second kappa shape index (κ2) is 7.27. The molecule has 4 heteroatoms. The number of fused-ring (bicyclic) bond motifs is 2. The van der Waals surface area contributed by atoms with Gasteiger partial charge in [0.2, 0.25) is 5.91 Å². The fraction of sp³-hybridized carbons (Fsp3) is 0.682. The van der Waals surface area contributed by atoms with Crippen LogP contribution in [-0.4, -0.2) is 29.9 Å². The Labute approximate surface area is 166 Å². The van der Waals surface area contributed by atoms with Gasteiger partial charge < -0.3 is 10.2 Å². The summed E-state index contributed by atoms with van der Waals surface area (Å²) in [4.78, 5) is 15.6. The Morgan fingerprint density at radius 2 is 1.85 bits per heavy atom. The van der Waals surface area contributed by atoms with Crippen LogP contribution >= 0.6 is 15.9 Å². The van der Waals surface area contributed by atoms with Gasteiger partial charge in [-0.1, -0.05) is 35.8 Å². The second-order valence-electron chi connectivity index (χ2n) is 8.91. The molecule has 26 heavy (non-hydrogen) atoms. The van der Waals surface area contributed by atoms with E-state index < -0.39 is 0 Å². The molecular weight excluding hydrogens is 388 g/mol. The SMILES string of the molecule is CC(C)[C@H]1CC[C@@H](N2CCC3(CC2)C(=O)NCc2cc(Br)ccc23)CC1. The van der Waals surface area contributed by atoms with Crippen LogP contribution in [0.2, 0.25) is 0 Å². The molecule has 0 radical (unpaired) electrons. The fourth-order valence-corrected chi connectivity index (χ4v) is 5.95. The molecule has 3 nitrogen and oxygen atoms in total. The van der Waals surface area contributed by atoms with Crippen LogP contribution in [-0.2, 0) is 16.8 Å². The third-order valence-electron chi connectivity index (χ3n) is 7.31. The number of benzene rings is 1. The molecule has 2 aliphatic heterocycles. The van der Waals surface area contributed by atoms with Gasteiger partial charge in [-0.3, -0.25) is 4.79 Å². The molecule has 0 aromatic heterocycles. The van der Waals surface area contributed by atoms with Crippen molar-refractivity contribution >= 4 is 21.8 Å². The van der Waals surface area contributed by atoms with E-state index in [9.17, 15) is 4.79 Å². The Morgan fingerprint density at radius 3 is 2.50 bits per heavy atom. The standard InChI is InChI=1S/C22H31BrN2O/c1-15(2)16-3-6-19(7-4-16)25-11-9-22(10-12-25)20-8-5-18(23)13-17(20)14-24-21(22)26/h5,8,13,15-16,19H,3-4,6-7,9-12,14H2,1-2H3,(H,24,26)/t16-,19+. The van der Waals surface area contributed by atoms with Gasteiger partial charge in [0.05, 0.1) is 5.41 Å². The van der Waals surface area contributed by atoms with Crippen molar-refractivity contribution in [2.24, 2.45) is 11.8 Å². The molecular formula is C22H31BrN2O. The number of piperidine rings is 1. The number of likely N-dealkylation sites (tertiary alicyclic amines) is 1. The average molecular weight is 419 g/mol. The molecule has 1 aromatic rings. The van der Waals surface area contributed by atoms with Gasteiger partial charge in [0.25, 0.3) is 0 Å². The van der Waals surface area contributed by atoms with Crippen molar-refractivity contribution in [3.8, 4) is 0 Å². The molecule has 1 spiro atoms. The maximum absolute atomic E-state index is 12.9. The first-order valence-electron chi connectivity index (χ1n) is 10.3. The normalized spacial score (nSPS) is 28.8. The molecule has 2 fully saturated rings. The molecule has 142 valence electrons. The van der Waals surface area contributed by atoms with Crippen LogP contribution < -0.4 is 5.32 Å². The van der Waals surface area contributed by atoms with Crippen LogP contribution in [0.3, 0.4) is 0 Å². The zero-order chi connectivity index (χ0) is 18.3. The topological polar surface area (TPSA) is 32.3 Å². The summed E-state index contributed by atoms with van der Waals surface area (Å²) < 4.78 is 1.10. The van der Waals surface area contributed by atoms with Crippen molar-refractivity contribution in [1.82, 2.24) is 10.2 Å². The van der Waals surface area contributed by atoms with E-state index >= 15 is 0 Å². The highest BCUT2D eigenvalue weighted by atomic mass is 79.9. The second-order valence-corrected chi connectivity index (χ2v) is 9.83. The van der Waals surface area contributed by atoms with Gasteiger partial charge in [-0.15, -0.1) is 0 Å². The van der Waals surface area contributed by atoms with E-state index in [-0.39, 0.29) is 11.3 Å². The highest BCUT2D eigenvalue weighted by molar-refractivity contribution is 9.10. The molecule has 4 rings (SSSR count). The predicted octanol–water partition coefficient (Wildman–Crippen LogP) is 4.63. The number of nitrogens with zero attached hydrogens (tertiary/aromatic N) is 1. The summed E-state index contributed by atoms with van der Waals surface area (Å²) in [5.74, 6) is 1.98. The highest BCUT2D eigenvalue weighted by Crippen LogP contribution is 2.42. The summed E-state index contributed by atoms with van der Waals surface area (Å²) in [7, 11) is 0. The monoisotopic (exact) mass is 418 g/mol. The lowest BCUT2D eigenvalue weighted by Gasteiger charge is -2.47. The zero-order valence-corrected chi connectivity index (χ0v) is 17.6. The largest absolute Gasteiger partial charge is 0.351 e. The number of rotatable bonds is 2. The summed E-state index contributed by atoms with van der Waals surface area (Å²) in [5, 5.41) is 3.16. The summed E-state index contributed by atoms with van der Waals surface area (Å²) in [6, 6.07) is 7.19. The zero-order valence-electron chi connectivity index (χ0n) is 16.1. The molecule has 0 atom stereocenters. The van der Waals surface area contributed by atoms with Crippen molar-refractivity contribution in [1.29, 1.82) is 0 Å². The van der Waals surface area contributed by atoms with E-state index in [0.717, 1.165) is 48.3 Å². The van der Waals surface area contributed by atoms with Crippen molar-refractivity contribution in [2.75, 3.05) is 13.1 Å². The Balaban J connectivity index is 1.46. The molecule has 3 aliphatic rings. The van der Waals surface area contributed by atoms with E-state index in [2.05, 4.69) is 58.2 Å². The van der Waals surface area contributed by atoms with Crippen LogP contribution in [0.25, 0.3) is 0 Å². The molecule has 2 heterocycles. The minimum Gasteiger partial charge on any atom is -0.351 e. The van der Waals surface area contributed by atoms with Gasteiger partial charge in [0, 0.05) is 17.1 Å². The van der Waals surface area contributed by atoms with Crippen molar-refractivity contribution in [2.45, 2.75) is 70.4 Å². The minimum atomic E-state index is -0.306. The van der Waals surface area contributed by atoms with Gasteiger partial charge in [-0.25, -0.2) is 0 Å². The van der Waals surface area contributed by atoms with Crippen LogP contribution in [0.5, 0.6) is 0 Å². The number of carbonyl (C=O) groups excluding carboxylic acids is 1. The number of nitrogens with one attached hydrogen (secondary N) is 1. The van der Waals surface area contributed by atoms with E-state index in [1.807, 2.05) is 0 Å². The van der Waals surface area contributed by atoms with Gasteiger partial charge >= 0.3 is 0 Å². The molecule has 0 bridgehead atoms. The Hall–Kier alpha value is -0.870. The third-order valence-corrected chi connectivity index (χ3v) is 7.80. The number of carbonyl (C=O) groups is 1. The van der Waals surface area contributed by atoms with E-state index in [1.165, 1.54) is 36.8 Å². The van der Waals surface area contributed by atoms with Crippen LogP contribution in [0.15, 0.2) is 22.7 Å². The van der Waals surface area contributed by atoms with Crippen LogP contribution in [0.1, 0.15) is 63.5 Å². The van der Waals surface area contributed by atoms with Gasteiger partial charge in [-0.2, -0.15) is 0 Å². The molecule has 1 amide bonds. The quantitative estimate of drug-likeness (QED) is 0.758. The van der Waals surface area contributed by atoms with Crippen molar-refractivity contribution in [3.05, 3.63) is 33.8 Å². The van der Waals surface area contributed by atoms with E-state index in [4.69, 9.17) is 0 Å². The summed E-state index contributed by atoms with van der Waals surface area (Å²) in [6.45, 7) is 7.51. The van der Waals surface area contributed by atoms with E-state index in [0.29, 0.717) is 6.54 Å². The maximum atomic E-state index is 12.9. The van der Waals surface area contributed by atoms with E-state index in [1.54, 1.807) is 0 Å². The number of hydrogen-bond donors (Lipinski definition) is 1. The smallest absolute Gasteiger partial charge is 0.231 e. The lowest BCUT2D eigenvalue weighted by Crippen LogP contribution is -2.56. The summed E-state index contributed by atoms with van der Waals surface area (Å²) >= 11 is 3.57. The minimum absolute atomic E-state index is 0.246. The molecule has 1 saturated carbocycles. The van der Waals surface area contributed by atoms with Gasteiger partial charge in [0.15, 0.2) is 0 Å². The van der Waals surface area contributed by atoms with Crippen LogP contribution in [0, 0.1) is 11.8 Å². The number of amides is 1. The number of hydrogen-bond acceptors (Lipinski definition) is 2. The molecule has 1 aliphatic carbocycles. The first-order valence-corrected chi connectivity index (χ1v) is 11.1. The van der Waals surface area contributed by atoms with Crippen molar-refractivity contribution in [3.63, 3.8) is 0 Å². The maximum Gasteiger partial charge on any atom is 0.231 e. The Kier molecular flexibility index (Phi) is 5.17. The lowest BCUT2D eigenvalue weighted by molar-refractivity contribution is -0.130. The predicted molar refractivity (Wildman–Crippen MR) is 109 cm³/mol. The first-order chi connectivity index (χ1) is 12.5. The highest BCUT2D eigenvalue weighted by Gasteiger charge is 2.47.